The van der Waals surface area contributed by atoms with Gasteiger partial charge in [-0.3, -0.25) is 20.2 Å². The third kappa shape index (κ3) is 9.78. The monoisotopic (exact) mass is 1040 g/mol. The van der Waals surface area contributed by atoms with Crippen LogP contribution in [-0.2, 0) is 34.8 Å². The molecule has 0 saturated carbocycles. The van der Waals surface area contributed by atoms with Crippen molar-refractivity contribution in [2.24, 2.45) is 0 Å². The van der Waals surface area contributed by atoms with Crippen LogP contribution < -0.4 is 20.4 Å². The summed E-state index contributed by atoms with van der Waals surface area (Å²) in [6.45, 7) is 0. The van der Waals surface area contributed by atoms with E-state index in [4.69, 9.17) is 0 Å². The second-order valence-electron chi connectivity index (χ2n) is 17.5. The van der Waals surface area contributed by atoms with E-state index in [-0.39, 0.29) is 35.5 Å². The van der Waals surface area contributed by atoms with Gasteiger partial charge < -0.3 is 14.9 Å². The number of amides is 2. The number of carboxylic acid groups (broad SMARTS) is 1. The molecule has 10 rings (SSSR count). The van der Waals surface area contributed by atoms with Crippen LogP contribution in [0.1, 0.15) is 105 Å². The number of aromatic carboxylic acids is 1. The highest BCUT2D eigenvalue weighted by Crippen LogP contribution is 2.43. The maximum absolute atomic E-state index is 13.6. The van der Waals surface area contributed by atoms with Crippen LogP contribution in [0.3, 0.4) is 0 Å². The molecule has 8 nitrogen and oxygen atoms in total. The number of hydrogen-bond acceptors (Lipinski definition) is 5. The number of benzene rings is 6. The summed E-state index contributed by atoms with van der Waals surface area (Å²) in [4.78, 5) is 41.9. The number of carbonyl (C=O) groups excluding carboxylic acids is 2. The number of nitrogens with zero attached hydrogens (tertiary/aromatic N) is 2. The Bertz CT molecular complexity index is 2840. The van der Waals surface area contributed by atoms with Crippen molar-refractivity contribution in [1.29, 1.82) is 0 Å². The van der Waals surface area contributed by atoms with Crippen LogP contribution in [0.25, 0.3) is 0 Å². The zero-order valence-electron chi connectivity index (χ0n) is 36.3. The van der Waals surface area contributed by atoms with E-state index in [2.05, 4.69) is 51.4 Å². The summed E-state index contributed by atoms with van der Waals surface area (Å²) >= 11 is 2.23. The lowest BCUT2D eigenvalue weighted by Crippen LogP contribution is -2.40. The Morgan fingerprint density at radius 2 is 0.971 bits per heavy atom. The van der Waals surface area contributed by atoms with Crippen LogP contribution in [0.5, 0.6) is 0 Å². The van der Waals surface area contributed by atoms with E-state index in [0.29, 0.717) is 29.8 Å². The summed E-state index contributed by atoms with van der Waals surface area (Å²) < 4.78 is 79.6. The average molecular weight is 1040 g/mol. The quantitative estimate of drug-likeness (QED) is 0.0985. The molecule has 6 aromatic rings. The summed E-state index contributed by atoms with van der Waals surface area (Å²) in [5.74, 6) is -1.45. The second kappa shape index (κ2) is 19.2. The zero-order valence-corrected chi connectivity index (χ0v) is 38.4. The summed E-state index contributed by atoms with van der Waals surface area (Å²) in [6.07, 6.45) is -4.33. The molecule has 0 radical (unpaired) electrons. The highest BCUT2D eigenvalue weighted by Gasteiger charge is 2.45. The molecule has 6 atom stereocenters. The second-order valence-corrected chi connectivity index (χ2v) is 18.8. The molecule has 0 spiro atoms. The zero-order chi connectivity index (χ0) is 47.9. The lowest BCUT2D eigenvalue weighted by molar-refractivity contribution is -0.138. The molecule has 3 N–H and O–H groups in total. The van der Waals surface area contributed by atoms with Crippen molar-refractivity contribution in [3.63, 3.8) is 0 Å². The van der Waals surface area contributed by atoms with Gasteiger partial charge in [-0.25, -0.2) is 4.79 Å². The van der Waals surface area contributed by atoms with Gasteiger partial charge in [-0.15, -0.1) is 0 Å². The van der Waals surface area contributed by atoms with Crippen LogP contribution in [-0.4, -0.2) is 35.0 Å². The van der Waals surface area contributed by atoms with Crippen molar-refractivity contribution in [1.82, 2.24) is 10.6 Å². The average Bonchev–Trinajstić information content (AvgIpc) is 4.10. The Labute approximate surface area is 402 Å². The van der Waals surface area contributed by atoms with Gasteiger partial charge >= 0.3 is 18.3 Å². The third-order valence-electron chi connectivity index (χ3n) is 13.4. The Hall–Kier alpha value is -6.04. The summed E-state index contributed by atoms with van der Waals surface area (Å²) in [7, 11) is 0. The number of fused-ring (bicyclic) bond motifs is 2. The maximum atomic E-state index is 13.6. The number of carbonyl (C=O) groups is 3. The minimum atomic E-state index is -4.48. The first-order chi connectivity index (χ1) is 32.5. The minimum absolute atomic E-state index is 0.00120. The van der Waals surface area contributed by atoms with Gasteiger partial charge in [-0.05, 0) is 167 Å². The van der Waals surface area contributed by atoms with Crippen molar-refractivity contribution in [3.05, 3.63) is 199 Å². The fourth-order valence-electron chi connectivity index (χ4n) is 10.1. The van der Waals surface area contributed by atoms with Crippen molar-refractivity contribution >= 4 is 51.7 Å². The molecule has 15 heteroatoms. The van der Waals surface area contributed by atoms with E-state index in [1.807, 2.05) is 54.6 Å². The first-order valence-corrected chi connectivity index (χ1v) is 23.4. The van der Waals surface area contributed by atoms with E-state index in [1.54, 1.807) is 17.0 Å². The smallest absolute Gasteiger partial charge is 0.416 e. The maximum Gasteiger partial charge on any atom is 0.416 e. The molecule has 2 saturated heterocycles. The summed E-state index contributed by atoms with van der Waals surface area (Å²) in [6, 6.07) is 38.3. The number of rotatable bonds is 9. The van der Waals surface area contributed by atoms with E-state index < -0.39 is 47.6 Å². The van der Waals surface area contributed by atoms with Gasteiger partial charge in [0.15, 0.2) is 0 Å². The molecule has 0 bridgehead atoms. The van der Waals surface area contributed by atoms with Crippen LogP contribution >= 0.6 is 22.6 Å². The van der Waals surface area contributed by atoms with Crippen LogP contribution in [0.2, 0.25) is 0 Å². The molecular formula is C53H45F6IN4O4. The van der Waals surface area contributed by atoms with Gasteiger partial charge in [-0.2, -0.15) is 26.3 Å². The number of halogens is 7. The van der Waals surface area contributed by atoms with E-state index in [1.165, 1.54) is 58.0 Å². The molecule has 4 aliphatic rings. The fraction of sp³-hybridized carbons (Fsp3) is 0.264. The molecule has 0 unspecified atom stereocenters. The molecule has 2 amide bonds. The molecule has 2 aliphatic carbocycles. The number of carboxylic acids is 1. The molecule has 2 aliphatic heterocycles. The van der Waals surface area contributed by atoms with Crippen LogP contribution in [0, 0.1) is 3.57 Å². The molecule has 350 valence electrons. The predicted molar refractivity (Wildman–Crippen MR) is 254 cm³/mol. The minimum Gasteiger partial charge on any atom is -0.478 e. The van der Waals surface area contributed by atoms with Gasteiger partial charge in [-0.1, -0.05) is 72.8 Å². The van der Waals surface area contributed by atoms with Crippen LogP contribution in [0.15, 0.2) is 146 Å². The fourth-order valence-corrected chi connectivity index (χ4v) is 10.7. The lowest BCUT2D eigenvalue weighted by atomic mass is 9.99. The van der Waals surface area contributed by atoms with E-state index in [9.17, 15) is 45.8 Å². The van der Waals surface area contributed by atoms with Gasteiger partial charge in [0.1, 0.15) is 0 Å². The first kappa shape index (κ1) is 47.0. The largest absolute Gasteiger partial charge is 0.478 e. The van der Waals surface area contributed by atoms with Crippen molar-refractivity contribution in [2.75, 3.05) is 9.80 Å². The van der Waals surface area contributed by atoms with Crippen molar-refractivity contribution in [3.8, 4) is 0 Å². The molecular weight excluding hydrogens is 997 g/mol. The Balaban J connectivity index is 0.000000170. The Morgan fingerprint density at radius 1 is 0.544 bits per heavy atom. The highest BCUT2D eigenvalue weighted by molar-refractivity contribution is 14.1. The highest BCUT2D eigenvalue weighted by atomic mass is 127. The molecule has 68 heavy (non-hydrogen) atoms. The molecule has 6 aromatic carbocycles. The normalized spacial score (nSPS) is 22.2. The van der Waals surface area contributed by atoms with Gasteiger partial charge in [0, 0.05) is 27.0 Å². The third-order valence-corrected chi connectivity index (χ3v) is 14.1. The first-order valence-electron chi connectivity index (χ1n) is 22.3. The number of hydrogen-bond donors (Lipinski definition) is 3. The molecule has 0 aromatic heterocycles. The number of anilines is 2. The lowest BCUT2D eigenvalue weighted by Gasteiger charge is -2.26. The Morgan fingerprint density at radius 3 is 1.40 bits per heavy atom. The SMILES string of the molecule is O=C(O)c1cccc([C@@H]2C[C@H](N[C@H]3CCc4ccccc43)C(=O)N2c2ccc(C(F)(F)F)cc2)c1.O=C1[C@@H](N[C@H]2CCc3ccccc32)C[C@@H](c2cccc(I)c2)N1c1ccc(C(F)(F)F)cc1. The van der Waals surface area contributed by atoms with Crippen molar-refractivity contribution < 1.29 is 45.8 Å². The number of alkyl halides is 6. The van der Waals surface area contributed by atoms with E-state index in [0.717, 1.165) is 64.6 Å². The van der Waals surface area contributed by atoms with Gasteiger partial charge in [0.2, 0.25) is 11.8 Å². The van der Waals surface area contributed by atoms with Crippen molar-refractivity contribution in [2.45, 2.75) is 87.1 Å². The molecule has 2 fully saturated rings. The van der Waals surface area contributed by atoms with Gasteiger partial charge in [0.05, 0.1) is 40.9 Å². The molecule has 2 heterocycles. The number of aryl methyl sites for hydroxylation is 2. The van der Waals surface area contributed by atoms with E-state index >= 15 is 0 Å². The summed E-state index contributed by atoms with van der Waals surface area (Å²) in [5.41, 5.74) is 5.90. The number of nitrogens with one attached hydrogen (secondary N) is 2. The van der Waals surface area contributed by atoms with Crippen LogP contribution in [0.4, 0.5) is 37.7 Å². The topological polar surface area (TPSA) is 102 Å². The Kier molecular flexibility index (Phi) is 13.3. The standard InChI is InChI=1S/C27H23F3N2O3.C26H22F3IN2O/c28-27(29,30)19-9-11-20(12-10-19)32-24(17-5-3-6-18(14-17)26(34)35)15-23(25(32)33)31-22-13-8-16-4-1-2-7-21(16)22;27-26(28,29)18-9-11-20(12-10-18)32-24(17-5-3-6-19(30)14-17)15-23(25(32)33)31-22-13-8-16-4-1-2-7-21(16)22/h1-7,9-12,14,22-24,31H,8,13,15H2,(H,34,35);1-7,9-12,14,22-24,31H,8,13,15H2/t2*22-,23-,24-/m00/s1. The summed E-state index contributed by atoms with van der Waals surface area (Å²) in [5, 5.41) is 16.5. The predicted octanol–water partition coefficient (Wildman–Crippen LogP) is 12.0. The van der Waals surface area contributed by atoms with Gasteiger partial charge in [0.25, 0.3) is 0 Å².